The molecule has 2 amide bonds. The largest absolute Gasteiger partial charge is 0.497 e. The van der Waals surface area contributed by atoms with Crippen LogP contribution in [0.2, 0.25) is 0 Å². The van der Waals surface area contributed by atoms with Gasteiger partial charge in [-0.05, 0) is 57.0 Å². The summed E-state index contributed by atoms with van der Waals surface area (Å²) in [6.07, 6.45) is 0.607. The quantitative estimate of drug-likeness (QED) is 0.468. The minimum absolute atomic E-state index is 0.161. The molecule has 0 saturated heterocycles. The molecule has 0 atom stereocenters. The fourth-order valence-electron chi connectivity index (χ4n) is 3.05. The third-order valence-electron chi connectivity index (χ3n) is 4.54. The summed E-state index contributed by atoms with van der Waals surface area (Å²) in [6.45, 7) is 6.72. The van der Waals surface area contributed by atoms with Crippen molar-refractivity contribution in [3.8, 4) is 28.7 Å². The zero-order valence-corrected chi connectivity index (χ0v) is 19.8. The lowest BCUT2D eigenvalue weighted by atomic mass is 10.1. The van der Waals surface area contributed by atoms with Crippen LogP contribution in [0.5, 0.6) is 28.7 Å². The summed E-state index contributed by atoms with van der Waals surface area (Å²) in [6, 6.07) is 8.54. The van der Waals surface area contributed by atoms with E-state index in [1.54, 1.807) is 32.4 Å². The summed E-state index contributed by atoms with van der Waals surface area (Å²) in [5.74, 6) is 1.67. The molecule has 9 nitrogen and oxygen atoms in total. The van der Waals surface area contributed by atoms with Crippen LogP contribution in [0, 0.1) is 0 Å². The van der Waals surface area contributed by atoms with Crippen molar-refractivity contribution in [2.24, 2.45) is 0 Å². The molecule has 9 heteroatoms. The summed E-state index contributed by atoms with van der Waals surface area (Å²) < 4.78 is 27.4. The molecule has 0 unspecified atom stereocenters. The first-order valence-corrected chi connectivity index (χ1v) is 10.8. The Morgan fingerprint density at radius 2 is 1.30 bits per heavy atom. The Bertz CT molecular complexity index is 897. The van der Waals surface area contributed by atoms with E-state index < -0.39 is 5.91 Å². The first kappa shape index (κ1) is 25.6. The summed E-state index contributed by atoms with van der Waals surface area (Å²) in [4.78, 5) is 24.9. The number of rotatable bonds is 12. The predicted molar refractivity (Wildman–Crippen MR) is 123 cm³/mol. The average Bonchev–Trinajstić information content (AvgIpc) is 2.82. The normalized spacial score (nSPS) is 10.2. The van der Waals surface area contributed by atoms with Crippen molar-refractivity contribution >= 4 is 11.8 Å². The van der Waals surface area contributed by atoms with E-state index in [0.29, 0.717) is 55.0 Å². The van der Waals surface area contributed by atoms with Gasteiger partial charge < -0.3 is 23.7 Å². The van der Waals surface area contributed by atoms with Crippen LogP contribution in [-0.4, -0.2) is 45.9 Å². The third-order valence-corrected chi connectivity index (χ3v) is 4.54. The molecule has 2 aromatic rings. The molecule has 2 aromatic carbocycles. The molecule has 180 valence electrons. The highest BCUT2D eigenvalue weighted by Crippen LogP contribution is 2.39. The molecule has 0 spiro atoms. The fourth-order valence-corrected chi connectivity index (χ4v) is 3.05. The Labute approximate surface area is 194 Å². The number of methoxy groups -OCH3 is 2. The lowest BCUT2D eigenvalue weighted by Crippen LogP contribution is -2.41. The highest BCUT2D eigenvalue weighted by molar-refractivity contribution is 5.96. The zero-order chi connectivity index (χ0) is 24.2. The summed E-state index contributed by atoms with van der Waals surface area (Å²) in [5, 5.41) is 0. The van der Waals surface area contributed by atoms with Gasteiger partial charge in [0.15, 0.2) is 11.5 Å². The van der Waals surface area contributed by atoms with Gasteiger partial charge in [-0.2, -0.15) is 0 Å². The third kappa shape index (κ3) is 7.48. The Morgan fingerprint density at radius 1 is 0.758 bits per heavy atom. The van der Waals surface area contributed by atoms with Crippen LogP contribution in [0.1, 0.15) is 43.1 Å². The average molecular weight is 461 g/mol. The Kier molecular flexibility index (Phi) is 10.1. The van der Waals surface area contributed by atoms with E-state index in [-0.39, 0.29) is 17.9 Å². The van der Waals surface area contributed by atoms with Gasteiger partial charge in [0, 0.05) is 18.1 Å². The van der Waals surface area contributed by atoms with Crippen molar-refractivity contribution < 1.29 is 33.3 Å². The molecule has 0 fully saturated rings. The van der Waals surface area contributed by atoms with Gasteiger partial charge in [-0.15, -0.1) is 0 Å². The van der Waals surface area contributed by atoms with Crippen LogP contribution in [0.4, 0.5) is 0 Å². The lowest BCUT2D eigenvalue weighted by molar-refractivity contribution is -0.121. The number of carbonyl (C=O) groups excluding carboxylic acids is 2. The maximum Gasteiger partial charge on any atom is 0.269 e. The molecule has 0 saturated carbocycles. The van der Waals surface area contributed by atoms with E-state index >= 15 is 0 Å². The fraction of sp³-hybridized carbons (Fsp3) is 0.417. The molecule has 0 heterocycles. The molecule has 2 rings (SSSR count). The summed E-state index contributed by atoms with van der Waals surface area (Å²) >= 11 is 0. The van der Waals surface area contributed by atoms with Gasteiger partial charge in [0.2, 0.25) is 11.7 Å². The molecule has 2 N–H and O–H groups in total. The Morgan fingerprint density at radius 3 is 1.79 bits per heavy atom. The Balaban J connectivity index is 2.04. The lowest BCUT2D eigenvalue weighted by Gasteiger charge is -2.17. The molecule has 0 aromatic heterocycles. The number of hydrogen-bond donors (Lipinski definition) is 2. The summed E-state index contributed by atoms with van der Waals surface area (Å²) in [5.41, 5.74) is 6.01. The first-order valence-electron chi connectivity index (χ1n) is 10.8. The maximum absolute atomic E-state index is 12.7. The van der Waals surface area contributed by atoms with Gasteiger partial charge in [0.1, 0.15) is 11.5 Å². The van der Waals surface area contributed by atoms with E-state index in [9.17, 15) is 9.59 Å². The molecule has 0 radical (unpaired) electrons. The van der Waals surface area contributed by atoms with E-state index in [1.165, 1.54) is 0 Å². The second-order valence-corrected chi connectivity index (χ2v) is 6.82. The zero-order valence-electron chi connectivity index (χ0n) is 19.8. The number of benzene rings is 2. The van der Waals surface area contributed by atoms with Crippen molar-refractivity contribution in [2.75, 3.05) is 34.0 Å². The highest BCUT2D eigenvalue weighted by atomic mass is 16.5. The summed E-state index contributed by atoms with van der Waals surface area (Å²) in [7, 11) is 3.13. The second kappa shape index (κ2) is 13.0. The first-order chi connectivity index (χ1) is 15.9. The van der Waals surface area contributed by atoms with Gasteiger partial charge in [-0.1, -0.05) is 0 Å². The molecule has 0 aliphatic rings. The van der Waals surface area contributed by atoms with Crippen LogP contribution in [-0.2, 0) is 11.2 Å². The second-order valence-electron chi connectivity index (χ2n) is 6.82. The van der Waals surface area contributed by atoms with Crippen molar-refractivity contribution in [3.63, 3.8) is 0 Å². The standard InChI is InChI=1S/C24H32N2O7/c1-6-31-20-13-17(14-21(32-7-2)23(20)33-8-3)24(28)26-25-22(27)10-9-16-11-18(29-4)15-19(12-16)30-5/h11-15H,6-10H2,1-5H3,(H,25,27)(H,26,28). The molecule has 0 bridgehead atoms. The number of carbonyl (C=O) groups is 2. The van der Waals surface area contributed by atoms with Crippen LogP contribution in [0.15, 0.2) is 30.3 Å². The molecule has 0 aliphatic carbocycles. The predicted octanol–water partition coefficient (Wildman–Crippen LogP) is 3.29. The van der Waals surface area contributed by atoms with Crippen LogP contribution < -0.4 is 34.5 Å². The Hall–Kier alpha value is -3.62. The van der Waals surface area contributed by atoms with Crippen LogP contribution in [0.3, 0.4) is 0 Å². The smallest absolute Gasteiger partial charge is 0.269 e. The monoisotopic (exact) mass is 460 g/mol. The van der Waals surface area contributed by atoms with Gasteiger partial charge in [0.05, 0.1) is 34.0 Å². The number of ether oxygens (including phenoxy) is 5. The number of hydrogen-bond acceptors (Lipinski definition) is 7. The number of aryl methyl sites for hydroxylation is 1. The van der Waals surface area contributed by atoms with Gasteiger partial charge in [-0.3, -0.25) is 20.4 Å². The van der Waals surface area contributed by atoms with Gasteiger partial charge in [-0.25, -0.2) is 0 Å². The highest BCUT2D eigenvalue weighted by Gasteiger charge is 2.18. The minimum atomic E-state index is -0.503. The molecular weight excluding hydrogens is 428 g/mol. The number of amides is 2. The van der Waals surface area contributed by atoms with E-state index in [4.69, 9.17) is 23.7 Å². The van der Waals surface area contributed by atoms with E-state index in [1.807, 2.05) is 32.9 Å². The topological polar surface area (TPSA) is 104 Å². The maximum atomic E-state index is 12.7. The molecular formula is C24H32N2O7. The van der Waals surface area contributed by atoms with Gasteiger partial charge in [0.25, 0.3) is 5.91 Å². The molecule has 0 aliphatic heterocycles. The van der Waals surface area contributed by atoms with Crippen LogP contribution in [0.25, 0.3) is 0 Å². The van der Waals surface area contributed by atoms with Crippen molar-refractivity contribution in [1.82, 2.24) is 10.9 Å². The number of hydrazine groups is 1. The van der Waals surface area contributed by atoms with Crippen LogP contribution >= 0.6 is 0 Å². The van der Waals surface area contributed by atoms with Crippen molar-refractivity contribution in [1.29, 1.82) is 0 Å². The van der Waals surface area contributed by atoms with Crippen molar-refractivity contribution in [2.45, 2.75) is 33.6 Å². The minimum Gasteiger partial charge on any atom is -0.497 e. The SMILES string of the molecule is CCOc1cc(C(=O)NNC(=O)CCc2cc(OC)cc(OC)c2)cc(OCC)c1OCC. The number of nitrogens with one attached hydrogen (secondary N) is 2. The van der Waals surface area contributed by atoms with E-state index in [2.05, 4.69) is 10.9 Å². The molecule has 33 heavy (non-hydrogen) atoms. The van der Waals surface area contributed by atoms with E-state index in [0.717, 1.165) is 5.56 Å². The van der Waals surface area contributed by atoms with Gasteiger partial charge >= 0.3 is 0 Å². The van der Waals surface area contributed by atoms with Crippen molar-refractivity contribution in [3.05, 3.63) is 41.5 Å².